The highest BCUT2D eigenvalue weighted by Crippen LogP contribution is 2.40. The van der Waals surface area contributed by atoms with E-state index in [0.29, 0.717) is 0 Å². The number of rotatable bonds is 5. The summed E-state index contributed by atoms with van der Waals surface area (Å²) in [5.74, 6) is -2.63. The molecule has 0 bridgehead atoms. The largest absolute Gasteiger partial charge is 0.480 e. The van der Waals surface area contributed by atoms with Gasteiger partial charge in [0, 0.05) is 13.0 Å². The minimum atomic E-state index is -1.88. The fourth-order valence-electron chi connectivity index (χ4n) is 2.45. The molecule has 0 spiro atoms. The minimum Gasteiger partial charge on any atom is -0.480 e. The van der Waals surface area contributed by atoms with Crippen LogP contribution >= 0.6 is 0 Å². The predicted octanol–water partition coefficient (Wildman–Crippen LogP) is -0.570. The Morgan fingerprint density at radius 1 is 1.43 bits per heavy atom. The molecule has 2 fully saturated rings. The van der Waals surface area contributed by atoms with Crippen LogP contribution in [0.5, 0.6) is 0 Å². The molecule has 2 amide bonds. The van der Waals surface area contributed by atoms with Gasteiger partial charge in [-0.2, -0.15) is 0 Å². The minimum absolute atomic E-state index is 0.0432. The summed E-state index contributed by atoms with van der Waals surface area (Å²) in [5.41, 5.74) is -1.88. The van der Waals surface area contributed by atoms with Gasteiger partial charge in [-0.05, 0) is 19.3 Å². The van der Waals surface area contributed by atoms with Crippen LogP contribution in [0.4, 0.5) is 4.39 Å². The molecule has 2 rings (SSSR count). The molecule has 0 unspecified atom stereocenters. The van der Waals surface area contributed by atoms with E-state index in [0.717, 1.165) is 4.90 Å². The van der Waals surface area contributed by atoms with E-state index >= 15 is 0 Å². The van der Waals surface area contributed by atoms with Gasteiger partial charge in [0.05, 0.1) is 6.10 Å². The summed E-state index contributed by atoms with van der Waals surface area (Å²) < 4.78 is 13.6. The lowest BCUT2D eigenvalue weighted by Gasteiger charge is -2.26. The number of carboxylic acids is 1. The average molecular weight is 302 g/mol. The molecule has 1 aliphatic heterocycles. The van der Waals surface area contributed by atoms with Crippen molar-refractivity contribution in [1.82, 2.24) is 10.2 Å². The quantitative estimate of drug-likeness (QED) is 0.630. The lowest BCUT2D eigenvalue weighted by molar-refractivity contribution is -0.149. The fourth-order valence-corrected chi connectivity index (χ4v) is 2.45. The van der Waals surface area contributed by atoms with Gasteiger partial charge in [-0.3, -0.25) is 9.59 Å². The maximum absolute atomic E-state index is 13.6. The van der Waals surface area contributed by atoms with Crippen molar-refractivity contribution in [2.24, 2.45) is 0 Å². The zero-order chi connectivity index (χ0) is 15.8. The van der Waals surface area contributed by atoms with Crippen molar-refractivity contribution in [3.05, 3.63) is 0 Å². The molecule has 0 aromatic heterocycles. The van der Waals surface area contributed by atoms with Crippen LogP contribution in [0.2, 0.25) is 0 Å². The summed E-state index contributed by atoms with van der Waals surface area (Å²) >= 11 is 0. The Kier molecular flexibility index (Phi) is 4.18. The second kappa shape index (κ2) is 5.59. The van der Waals surface area contributed by atoms with E-state index in [9.17, 15) is 23.9 Å². The van der Waals surface area contributed by atoms with Gasteiger partial charge in [0.15, 0.2) is 5.67 Å². The summed E-state index contributed by atoms with van der Waals surface area (Å²) in [7, 11) is 0. The second-order valence-corrected chi connectivity index (χ2v) is 5.63. The molecule has 1 saturated carbocycles. The van der Waals surface area contributed by atoms with Crippen molar-refractivity contribution >= 4 is 17.8 Å². The standard InChI is InChI=1S/C13H19FN2O5/c1-2-8(15-12(21)13(14)3-4-13)10(18)16-6-7(17)5-9(16)11(19)20/h7-9,17H,2-6H2,1H3,(H,15,21)(H,19,20)/t7-,8+,9+/m1/s1. The van der Waals surface area contributed by atoms with Gasteiger partial charge >= 0.3 is 5.97 Å². The molecular weight excluding hydrogens is 283 g/mol. The average Bonchev–Trinajstić information content (AvgIpc) is 3.05. The highest BCUT2D eigenvalue weighted by molar-refractivity contribution is 5.94. The molecule has 1 aliphatic carbocycles. The van der Waals surface area contributed by atoms with Crippen LogP contribution in [0.25, 0.3) is 0 Å². The SMILES string of the molecule is CC[C@H](NC(=O)C1(F)CC1)C(=O)N1C[C@H](O)C[C@H]1C(=O)O. The Bertz CT molecular complexity index is 465. The van der Waals surface area contributed by atoms with Gasteiger partial charge in [-0.1, -0.05) is 6.92 Å². The molecule has 3 N–H and O–H groups in total. The lowest BCUT2D eigenvalue weighted by Crippen LogP contribution is -2.53. The number of aliphatic hydroxyl groups excluding tert-OH is 1. The first-order chi connectivity index (χ1) is 9.78. The highest BCUT2D eigenvalue weighted by atomic mass is 19.1. The maximum atomic E-state index is 13.6. The number of halogens is 1. The Labute approximate surface area is 121 Å². The van der Waals surface area contributed by atoms with E-state index in [2.05, 4.69) is 5.32 Å². The Hall–Kier alpha value is -1.70. The number of carbonyl (C=O) groups is 3. The molecule has 3 atom stereocenters. The van der Waals surface area contributed by atoms with Crippen molar-refractivity contribution in [2.75, 3.05) is 6.54 Å². The van der Waals surface area contributed by atoms with Crippen molar-refractivity contribution in [3.63, 3.8) is 0 Å². The normalized spacial score (nSPS) is 28.0. The maximum Gasteiger partial charge on any atom is 0.326 e. The van der Waals surface area contributed by atoms with Crippen molar-refractivity contribution in [3.8, 4) is 0 Å². The first kappa shape index (κ1) is 15.7. The number of amides is 2. The number of hydrogen-bond donors (Lipinski definition) is 3. The van der Waals surface area contributed by atoms with Crippen LogP contribution in [0, 0.1) is 0 Å². The first-order valence-corrected chi connectivity index (χ1v) is 6.99. The third-order valence-electron chi connectivity index (χ3n) is 3.95. The molecule has 0 aromatic carbocycles. The Balaban J connectivity index is 2.05. The van der Waals surface area contributed by atoms with Gasteiger partial charge in [-0.25, -0.2) is 9.18 Å². The van der Waals surface area contributed by atoms with Crippen molar-refractivity contribution in [2.45, 2.75) is 56.5 Å². The molecular formula is C13H19FN2O5. The molecule has 0 aromatic rings. The summed E-state index contributed by atoms with van der Waals surface area (Å²) in [5, 5.41) is 21.0. The highest BCUT2D eigenvalue weighted by Gasteiger charge is 2.52. The van der Waals surface area contributed by atoms with E-state index in [-0.39, 0.29) is 32.2 Å². The number of alkyl halides is 1. The van der Waals surface area contributed by atoms with Crippen molar-refractivity contribution < 1.29 is 29.0 Å². The summed E-state index contributed by atoms with van der Waals surface area (Å²) in [6, 6.07) is -2.09. The van der Waals surface area contributed by atoms with E-state index in [1.54, 1.807) is 6.92 Å². The molecule has 1 heterocycles. The third kappa shape index (κ3) is 3.15. The molecule has 7 nitrogen and oxygen atoms in total. The number of β-amino-alcohol motifs (C(OH)–C–C–N with tert-alkyl or cyclic N) is 1. The second-order valence-electron chi connectivity index (χ2n) is 5.63. The summed E-state index contributed by atoms with van der Waals surface area (Å²) in [6.45, 7) is 1.55. The van der Waals surface area contributed by atoms with Gasteiger partial charge in [-0.15, -0.1) is 0 Å². The summed E-state index contributed by atoms with van der Waals surface area (Å²) in [6.07, 6.45) is -0.440. The number of likely N-dealkylation sites (tertiary alicyclic amines) is 1. The van der Waals surface area contributed by atoms with Gasteiger partial charge < -0.3 is 20.4 Å². The van der Waals surface area contributed by atoms with Crippen LogP contribution in [-0.4, -0.2) is 63.3 Å². The molecule has 8 heteroatoms. The number of carboxylic acid groups (broad SMARTS) is 1. The van der Waals surface area contributed by atoms with Crippen LogP contribution in [-0.2, 0) is 14.4 Å². The number of nitrogens with one attached hydrogen (secondary N) is 1. The van der Waals surface area contributed by atoms with E-state index in [1.165, 1.54) is 0 Å². The number of aliphatic carboxylic acids is 1. The van der Waals surface area contributed by atoms with E-state index < -0.39 is 41.6 Å². The number of carbonyl (C=O) groups excluding carboxylic acids is 2. The zero-order valence-electron chi connectivity index (χ0n) is 11.7. The number of hydrogen-bond acceptors (Lipinski definition) is 4. The van der Waals surface area contributed by atoms with Crippen molar-refractivity contribution in [1.29, 1.82) is 0 Å². The van der Waals surface area contributed by atoms with Gasteiger partial charge in [0.2, 0.25) is 5.91 Å². The molecule has 21 heavy (non-hydrogen) atoms. The first-order valence-electron chi connectivity index (χ1n) is 6.99. The number of nitrogens with zero attached hydrogens (tertiary/aromatic N) is 1. The van der Waals surface area contributed by atoms with Crippen LogP contribution in [0.1, 0.15) is 32.6 Å². The Morgan fingerprint density at radius 2 is 2.05 bits per heavy atom. The van der Waals surface area contributed by atoms with Gasteiger partial charge in [0.1, 0.15) is 12.1 Å². The molecule has 0 radical (unpaired) electrons. The van der Waals surface area contributed by atoms with Crippen LogP contribution in [0.15, 0.2) is 0 Å². The van der Waals surface area contributed by atoms with Crippen LogP contribution in [0.3, 0.4) is 0 Å². The van der Waals surface area contributed by atoms with Crippen LogP contribution < -0.4 is 5.32 Å². The topological polar surface area (TPSA) is 107 Å². The zero-order valence-corrected chi connectivity index (χ0v) is 11.7. The molecule has 2 aliphatic rings. The smallest absolute Gasteiger partial charge is 0.326 e. The fraction of sp³-hybridized carbons (Fsp3) is 0.769. The predicted molar refractivity (Wildman–Crippen MR) is 69.1 cm³/mol. The van der Waals surface area contributed by atoms with E-state index in [4.69, 9.17) is 5.11 Å². The molecule has 1 saturated heterocycles. The molecule has 118 valence electrons. The van der Waals surface area contributed by atoms with E-state index in [1.807, 2.05) is 0 Å². The lowest BCUT2D eigenvalue weighted by atomic mass is 10.1. The Morgan fingerprint density at radius 3 is 2.52 bits per heavy atom. The third-order valence-corrected chi connectivity index (χ3v) is 3.95. The monoisotopic (exact) mass is 302 g/mol. The summed E-state index contributed by atoms with van der Waals surface area (Å²) in [4.78, 5) is 36.2. The van der Waals surface area contributed by atoms with Gasteiger partial charge in [0.25, 0.3) is 5.91 Å². The number of aliphatic hydroxyl groups is 1.